The fraction of sp³-hybridized carbons (Fsp3) is 0.300. The molecule has 2 atom stereocenters. The van der Waals surface area contributed by atoms with Gasteiger partial charge in [0.2, 0.25) is 0 Å². The van der Waals surface area contributed by atoms with Gasteiger partial charge in [0.1, 0.15) is 11.3 Å². The molecule has 0 radical (unpaired) electrons. The van der Waals surface area contributed by atoms with Crippen LogP contribution in [0.4, 0.5) is 0 Å². The predicted molar refractivity (Wildman–Crippen MR) is 103 cm³/mol. The Hall–Kier alpha value is -2.34. The number of carbonyl (C=O) groups is 2. The van der Waals surface area contributed by atoms with E-state index in [0.717, 1.165) is 12.8 Å². The van der Waals surface area contributed by atoms with Crippen molar-refractivity contribution in [2.75, 3.05) is 0 Å². The molecule has 0 spiro atoms. The lowest BCUT2D eigenvalue weighted by Crippen LogP contribution is -2.41. The number of aryl methyl sites for hydroxylation is 1. The Morgan fingerprint density at radius 3 is 2.54 bits per heavy atom. The number of hydrogen-bond donors (Lipinski definition) is 2. The van der Waals surface area contributed by atoms with Crippen LogP contribution in [0, 0.1) is 0 Å². The molecule has 0 aliphatic carbocycles. The van der Waals surface area contributed by atoms with Crippen LogP contribution in [0.25, 0.3) is 0 Å². The minimum Gasteiger partial charge on any atom is -0.507 e. The van der Waals surface area contributed by atoms with E-state index in [1.165, 1.54) is 24.6 Å². The Labute approximate surface area is 161 Å². The maximum Gasteiger partial charge on any atom is 0.342 e. The van der Waals surface area contributed by atoms with Crippen LogP contribution in [0.2, 0.25) is 0 Å². The van der Waals surface area contributed by atoms with Gasteiger partial charge in [-0.3, -0.25) is 4.79 Å². The Kier molecular flexibility index (Phi) is 7.21. The summed E-state index contributed by atoms with van der Waals surface area (Å²) in [6.07, 6.45) is 0.672. The number of phenolic OH excluding ortho intramolecular Hbond substituents is 1. The topological polar surface area (TPSA) is 75.6 Å². The van der Waals surface area contributed by atoms with E-state index in [9.17, 15) is 14.7 Å². The van der Waals surface area contributed by atoms with Gasteiger partial charge in [-0.05, 0) is 50.5 Å². The van der Waals surface area contributed by atoms with Crippen LogP contribution in [0.1, 0.15) is 36.2 Å². The molecular weight excluding hydrogens is 398 g/mol. The Bertz CT molecular complexity index is 764. The monoisotopic (exact) mass is 419 g/mol. The number of halogens is 1. The lowest BCUT2D eigenvalue weighted by molar-refractivity contribution is -0.129. The molecule has 2 rings (SSSR count). The van der Waals surface area contributed by atoms with Gasteiger partial charge in [-0.1, -0.05) is 46.3 Å². The Morgan fingerprint density at radius 2 is 1.85 bits per heavy atom. The minimum absolute atomic E-state index is 0.0103. The van der Waals surface area contributed by atoms with Crippen LogP contribution in [0.5, 0.6) is 5.75 Å². The number of nitrogens with one attached hydrogen (secondary N) is 1. The third-order valence-electron chi connectivity index (χ3n) is 3.93. The molecule has 0 unspecified atom stereocenters. The highest BCUT2D eigenvalue weighted by atomic mass is 79.9. The highest BCUT2D eigenvalue weighted by molar-refractivity contribution is 9.10. The molecule has 0 saturated heterocycles. The maximum absolute atomic E-state index is 12.2. The van der Waals surface area contributed by atoms with E-state index < -0.39 is 12.1 Å². The number of benzene rings is 2. The molecule has 0 aliphatic heterocycles. The zero-order chi connectivity index (χ0) is 19.1. The first kappa shape index (κ1) is 20.0. The van der Waals surface area contributed by atoms with Crippen molar-refractivity contribution in [3.8, 4) is 5.75 Å². The standard InChI is InChI=1S/C20H22BrNO4/c1-13(8-9-15-6-4-3-5-7-15)22-19(24)14(2)26-20(25)17-12-16(21)10-11-18(17)23/h3-7,10-14,23H,8-9H2,1-2H3,(H,22,24)/t13-,14-/m0/s1. The summed E-state index contributed by atoms with van der Waals surface area (Å²) in [7, 11) is 0. The average Bonchev–Trinajstić information content (AvgIpc) is 2.62. The highest BCUT2D eigenvalue weighted by Gasteiger charge is 2.22. The van der Waals surface area contributed by atoms with E-state index in [0.29, 0.717) is 4.47 Å². The van der Waals surface area contributed by atoms with Crippen molar-refractivity contribution in [3.63, 3.8) is 0 Å². The molecule has 0 fully saturated rings. The van der Waals surface area contributed by atoms with Crippen molar-refractivity contribution >= 4 is 27.8 Å². The first-order valence-electron chi connectivity index (χ1n) is 8.40. The van der Waals surface area contributed by atoms with Gasteiger partial charge in [0.05, 0.1) is 0 Å². The summed E-state index contributed by atoms with van der Waals surface area (Å²) in [5.41, 5.74) is 1.22. The first-order chi connectivity index (χ1) is 12.4. The number of aromatic hydroxyl groups is 1. The van der Waals surface area contributed by atoms with E-state index in [-0.39, 0.29) is 23.3 Å². The van der Waals surface area contributed by atoms with Crippen molar-refractivity contribution in [1.82, 2.24) is 5.32 Å². The molecule has 0 aliphatic rings. The zero-order valence-corrected chi connectivity index (χ0v) is 16.3. The molecule has 0 saturated carbocycles. The SMILES string of the molecule is C[C@H](OC(=O)c1cc(Br)ccc1O)C(=O)N[C@@H](C)CCc1ccccc1. The summed E-state index contributed by atoms with van der Waals surface area (Å²) < 4.78 is 5.80. The molecule has 0 bridgehead atoms. The molecule has 0 heterocycles. The van der Waals surface area contributed by atoms with Gasteiger partial charge in [0.25, 0.3) is 5.91 Å². The van der Waals surface area contributed by atoms with Gasteiger partial charge in [-0.15, -0.1) is 0 Å². The van der Waals surface area contributed by atoms with Gasteiger partial charge in [-0.2, -0.15) is 0 Å². The summed E-state index contributed by atoms with van der Waals surface area (Å²) in [5, 5.41) is 12.6. The predicted octanol–water partition coefficient (Wildman–Crippen LogP) is 3.84. The van der Waals surface area contributed by atoms with Crippen molar-refractivity contribution in [1.29, 1.82) is 0 Å². The van der Waals surface area contributed by atoms with Gasteiger partial charge in [0, 0.05) is 10.5 Å². The fourth-order valence-corrected chi connectivity index (χ4v) is 2.77. The van der Waals surface area contributed by atoms with Crippen molar-refractivity contribution in [2.45, 2.75) is 38.8 Å². The molecule has 5 nitrogen and oxygen atoms in total. The lowest BCUT2D eigenvalue weighted by Gasteiger charge is -2.18. The summed E-state index contributed by atoms with van der Waals surface area (Å²) >= 11 is 3.23. The van der Waals surface area contributed by atoms with Crippen LogP contribution in [0.3, 0.4) is 0 Å². The second kappa shape index (κ2) is 9.38. The van der Waals surface area contributed by atoms with Gasteiger partial charge in [-0.25, -0.2) is 4.79 Å². The number of hydrogen-bond acceptors (Lipinski definition) is 4. The molecule has 26 heavy (non-hydrogen) atoms. The van der Waals surface area contributed by atoms with Crippen LogP contribution in [-0.4, -0.2) is 29.1 Å². The summed E-state index contributed by atoms with van der Waals surface area (Å²) in [6, 6.07) is 14.4. The fourth-order valence-electron chi connectivity index (χ4n) is 2.41. The average molecular weight is 420 g/mol. The largest absolute Gasteiger partial charge is 0.507 e. The quantitative estimate of drug-likeness (QED) is 0.668. The smallest absolute Gasteiger partial charge is 0.342 e. The lowest BCUT2D eigenvalue weighted by atomic mass is 10.1. The van der Waals surface area contributed by atoms with Crippen LogP contribution in [0.15, 0.2) is 53.0 Å². The molecule has 2 aromatic carbocycles. The molecule has 138 valence electrons. The van der Waals surface area contributed by atoms with Gasteiger partial charge >= 0.3 is 5.97 Å². The maximum atomic E-state index is 12.2. The van der Waals surface area contributed by atoms with Crippen molar-refractivity contribution in [2.24, 2.45) is 0 Å². The van der Waals surface area contributed by atoms with Crippen LogP contribution < -0.4 is 5.32 Å². The van der Waals surface area contributed by atoms with Gasteiger partial charge < -0.3 is 15.2 Å². The van der Waals surface area contributed by atoms with Crippen LogP contribution >= 0.6 is 15.9 Å². The second-order valence-corrected chi connectivity index (χ2v) is 7.06. The molecule has 1 amide bonds. The molecule has 2 aromatic rings. The molecular formula is C20H22BrNO4. The Morgan fingerprint density at radius 1 is 1.15 bits per heavy atom. The number of ether oxygens (including phenoxy) is 1. The number of amides is 1. The highest BCUT2D eigenvalue weighted by Crippen LogP contribution is 2.23. The number of carbonyl (C=O) groups excluding carboxylic acids is 2. The van der Waals surface area contributed by atoms with E-state index >= 15 is 0 Å². The van der Waals surface area contributed by atoms with Gasteiger partial charge in [0.15, 0.2) is 6.10 Å². The van der Waals surface area contributed by atoms with E-state index in [1.807, 2.05) is 37.3 Å². The number of phenols is 1. The zero-order valence-electron chi connectivity index (χ0n) is 14.7. The van der Waals surface area contributed by atoms with Crippen molar-refractivity contribution in [3.05, 3.63) is 64.1 Å². The third-order valence-corrected chi connectivity index (χ3v) is 4.42. The second-order valence-electron chi connectivity index (χ2n) is 6.14. The van der Waals surface area contributed by atoms with E-state index in [2.05, 4.69) is 21.2 Å². The molecule has 0 aromatic heterocycles. The molecule has 6 heteroatoms. The third kappa shape index (κ3) is 5.88. The Balaban J connectivity index is 1.84. The number of esters is 1. The van der Waals surface area contributed by atoms with Crippen LogP contribution in [-0.2, 0) is 16.0 Å². The molecule has 2 N–H and O–H groups in total. The van der Waals surface area contributed by atoms with Crippen molar-refractivity contribution < 1.29 is 19.4 Å². The summed E-state index contributed by atoms with van der Waals surface area (Å²) in [4.78, 5) is 24.4. The first-order valence-corrected chi connectivity index (χ1v) is 9.20. The van der Waals surface area contributed by atoms with E-state index in [4.69, 9.17) is 4.74 Å². The number of rotatable bonds is 7. The van der Waals surface area contributed by atoms with E-state index in [1.54, 1.807) is 6.07 Å². The minimum atomic E-state index is -0.958. The summed E-state index contributed by atoms with van der Waals surface area (Å²) in [5.74, 6) is -1.31. The normalized spacial score (nSPS) is 12.9. The summed E-state index contributed by atoms with van der Waals surface area (Å²) in [6.45, 7) is 3.42.